The number of benzene rings is 2. The van der Waals surface area contributed by atoms with Crippen LogP contribution in [0.3, 0.4) is 0 Å². The van der Waals surface area contributed by atoms with E-state index in [1.54, 1.807) is 7.11 Å². The molecule has 2 aromatic carbocycles. The zero-order valence-electron chi connectivity index (χ0n) is 15.3. The fraction of sp³-hybridized carbons (Fsp3) is 0.200. The van der Waals surface area contributed by atoms with E-state index in [0.717, 1.165) is 28.1 Å². The highest BCUT2D eigenvalue weighted by Crippen LogP contribution is 2.34. The average Bonchev–Trinajstić information content (AvgIpc) is 3.16. The van der Waals surface area contributed by atoms with E-state index in [4.69, 9.17) is 4.74 Å². The number of anilines is 1. The molecule has 0 bridgehead atoms. The molecule has 0 aliphatic heterocycles. The van der Waals surface area contributed by atoms with Gasteiger partial charge in [0.25, 0.3) is 0 Å². The van der Waals surface area contributed by atoms with Gasteiger partial charge in [-0.2, -0.15) is 13.2 Å². The Morgan fingerprint density at radius 1 is 1.21 bits per heavy atom. The predicted octanol–water partition coefficient (Wildman–Crippen LogP) is 5.71. The maximum Gasteiger partial charge on any atom is 0.418 e. The largest absolute Gasteiger partial charge is 0.497 e. The van der Waals surface area contributed by atoms with Gasteiger partial charge < -0.3 is 10.1 Å². The van der Waals surface area contributed by atoms with Gasteiger partial charge in [0, 0.05) is 16.7 Å². The Labute approximate surface area is 174 Å². The second-order valence-corrected chi connectivity index (χ2v) is 7.80. The van der Waals surface area contributed by atoms with Crippen LogP contribution in [-0.2, 0) is 16.7 Å². The molecule has 0 aliphatic rings. The number of hydrogen-bond acceptors (Lipinski definition) is 5. The summed E-state index contributed by atoms with van der Waals surface area (Å²) in [5.41, 5.74) is 0.647. The zero-order valence-corrected chi connectivity index (χ0v) is 17.0. The Balaban J connectivity index is 1.55. The minimum Gasteiger partial charge on any atom is -0.497 e. The van der Waals surface area contributed by atoms with Crippen LogP contribution in [0.1, 0.15) is 11.3 Å². The Morgan fingerprint density at radius 3 is 2.76 bits per heavy atom. The van der Waals surface area contributed by atoms with Gasteiger partial charge in [-0.25, -0.2) is 4.98 Å². The molecule has 0 aliphatic carbocycles. The highest BCUT2D eigenvalue weighted by Gasteiger charge is 2.33. The average molecular weight is 438 g/mol. The van der Waals surface area contributed by atoms with Crippen LogP contribution < -0.4 is 10.1 Å². The summed E-state index contributed by atoms with van der Waals surface area (Å²) in [5, 5.41) is 5.07. The summed E-state index contributed by atoms with van der Waals surface area (Å²) in [4.78, 5) is 16.6. The number of nitrogens with zero attached hydrogens (tertiary/aromatic N) is 1. The van der Waals surface area contributed by atoms with Crippen molar-refractivity contribution in [3.63, 3.8) is 0 Å². The first-order chi connectivity index (χ1) is 13.9. The van der Waals surface area contributed by atoms with E-state index >= 15 is 0 Å². The summed E-state index contributed by atoms with van der Waals surface area (Å²) in [6, 6.07) is 12.5. The number of carbonyl (C=O) groups excluding carboxylic acids is 1. The van der Waals surface area contributed by atoms with Crippen molar-refractivity contribution in [2.45, 2.75) is 11.9 Å². The molecular weight excluding hydrogens is 421 g/mol. The van der Waals surface area contributed by atoms with Crippen molar-refractivity contribution in [3.05, 3.63) is 65.2 Å². The molecule has 1 heterocycles. The van der Waals surface area contributed by atoms with Crippen molar-refractivity contribution in [2.75, 3.05) is 18.2 Å². The lowest BCUT2D eigenvalue weighted by Gasteiger charge is -2.13. The van der Waals surface area contributed by atoms with Crippen LogP contribution >= 0.6 is 23.1 Å². The lowest BCUT2D eigenvalue weighted by Crippen LogP contribution is -2.18. The van der Waals surface area contributed by atoms with Gasteiger partial charge in [-0.05, 0) is 24.3 Å². The third-order valence-electron chi connectivity index (χ3n) is 3.86. The maximum absolute atomic E-state index is 13.0. The van der Waals surface area contributed by atoms with Gasteiger partial charge in [-0.15, -0.1) is 23.1 Å². The number of methoxy groups -OCH3 is 1. The second kappa shape index (κ2) is 9.32. The summed E-state index contributed by atoms with van der Waals surface area (Å²) in [7, 11) is 1.60. The van der Waals surface area contributed by atoms with Crippen LogP contribution in [0.2, 0.25) is 0 Å². The van der Waals surface area contributed by atoms with E-state index in [2.05, 4.69) is 10.3 Å². The van der Waals surface area contributed by atoms with Crippen molar-refractivity contribution < 1.29 is 22.7 Å². The van der Waals surface area contributed by atoms with Crippen LogP contribution in [0, 0.1) is 0 Å². The van der Waals surface area contributed by atoms with Crippen LogP contribution in [0.25, 0.3) is 10.6 Å². The first kappa shape index (κ1) is 21.2. The van der Waals surface area contributed by atoms with Gasteiger partial charge in [0.15, 0.2) is 0 Å². The molecule has 3 rings (SSSR count). The van der Waals surface area contributed by atoms with Crippen molar-refractivity contribution in [1.82, 2.24) is 4.98 Å². The topological polar surface area (TPSA) is 51.2 Å². The number of carbonyl (C=O) groups is 1. The molecule has 1 aromatic heterocycles. The van der Waals surface area contributed by atoms with Crippen LogP contribution in [0.4, 0.5) is 18.9 Å². The molecule has 0 fully saturated rings. The molecule has 3 aromatic rings. The van der Waals surface area contributed by atoms with Crippen LogP contribution in [-0.4, -0.2) is 23.8 Å². The summed E-state index contributed by atoms with van der Waals surface area (Å²) in [6.07, 6.45) is -4.52. The number of ether oxygens (including phenoxy) is 1. The van der Waals surface area contributed by atoms with Crippen molar-refractivity contribution >= 4 is 34.7 Å². The Kier molecular flexibility index (Phi) is 6.81. The summed E-state index contributed by atoms with van der Waals surface area (Å²) in [5.74, 6) is 0.756. The SMILES string of the molecule is COc1cccc(-c2nc(CSCC(=O)Nc3ccccc3C(F)(F)F)cs2)c1. The van der Waals surface area contributed by atoms with Gasteiger partial charge in [0.1, 0.15) is 10.8 Å². The summed E-state index contributed by atoms with van der Waals surface area (Å²) < 4.78 is 44.2. The molecule has 152 valence electrons. The molecule has 0 unspecified atom stereocenters. The summed E-state index contributed by atoms with van der Waals surface area (Å²) in [6.45, 7) is 0. The predicted molar refractivity (Wildman–Crippen MR) is 110 cm³/mol. The molecule has 1 amide bonds. The lowest BCUT2D eigenvalue weighted by molar-refractivity contribution is -0.137. The smallest absolute Gasteiger partial charge is 0.418 e. The molecule has 0 saturated heterocycles. The summed E-state index contributed by atoms with van der Waals surface area (Å²) >= 11 is 2.77. The lowest BCUT2D eigenvalue weighted by atomic mass is 10.1. The molecule has 0 spiro atoms. The van der Waals surface area contributed by atoms with E-state index in [1.165, 1.54) is 41.3 Å². The molecule has 9 heteroatoms. The maximum atomic E-state index is 13.0. The van der Waals surface area contributed by atoms with E-state index < -0.39 is 17.6 Å². The highest BCUT2D eigenvalue weighted by molar-refractivity contribution is 7.99. The molecule has 0 radical (unpaired) electrons. The van der Waals surface area contributed by atoms with E-state index in [-0.39, 0.29) is 11.4 Å². The van der Waals surface area contributed by atoms with Crippen LogP contribution in [0.15, 0.2) is 53.9 Å². The number of rotatable bonds is 7. The van der Waals surface area contributed by atoms with Gasteiger partial charge in [-0.3, -0.25) is 4.79 Å². The number of thiazole rings is 1. The van der Waals surface area contributed by atoms with Crippen molar-refractivity contribution in [2.24, 2.45) is 0 Å². The fourth-order valence-electron chi connectivity index (χ4n) is 2.54. The fourth-order valence-corrected chi connectivity index (χ4v) is 4.17. The van der Waals surface area contributed by atoms with E-state index in [0.29, 0.717) is 5.75 Å². The number of aromatic nitrogens is 1. The van der Waals surface area contributed by atoms with Crippen LogP contribution in [0.5, 0.6) is 5.75 Å². The van der Waals surface area contributed by atoms with Crippen molar-refractivity contribution in [1.29, 1.82) is 0 Å². The molecule has 0 atom stereocenters. The Hall–Kier alpha value is -2.52. The number of para-hydroxylation sites is 1. The van der Waals surface area contributed by atoms with Crippen molar-refractivity contribution in [3.8, 4) is 16.3 Å². The van der Waals surface area contributed by atoms with Gasteiger partial charge in [-0.1, -0.05) is 24.3 Å². The third kappa shape index (κ3) is 5.74. The third-order valence-corrected chi connectivity index (χ3v) is 5.76. The number of thioether (sulfide) groups is 1. The van der Waals surface area contributed by atoms with E-state index in [1.807, 2.05) is 29.6 Å². The quantitative estimate of drug-likeness (QED) is 0.513. The minimum absolute atomic E-state index is 0.0260. The zero-order chi connectivity index (χ0) is 20.9. The second-order valence-electron chi connectivity index (χ2n) is 5.96. The van der Waals surface area contributed by atoms with E-state index in [9.17, 15) is 18.0 Å². The minimum atomic E-state index is -4.52. The Bertz CT molecular complexity index is 990. The van der Waals surface area contributed by atoms with Gasteiger partial charge in [0.2, 0.25) is 5.91 Å². The first-order valence-corrected chi connectivity index (χ1v) is 10.5. The number of alkyl halides is 3. The highest BCUT2D eigenvalue weighted by atomic mass is 32.2. The number of hydrogen-bond donors (Lipinski definition) is 1. The Morgan fingerprint density at radius 2 is 2.00 bits per heavy atom. The van der Waals surface area contributed by atoms with Gasteiger partial charge in [0.05, 0.1) is 29.8 Å². The molecule has 1 N–H and O–H groups in total. The molecular formula is C20H17F3N2O2S2. The molecule has 0 saturated carbocycles. The number of nitrogens with one attached hydrogen (secondary N) is 1. The van der Waals surface area contributed by atoms with Gasteiger partial charge >= 0.3 is 6.18 Å². The number of halogens is 3. The first-order valence-electron chi connectivity index (χ1n) is 8.49. The molecule has 4 nitrogen and oxygen atoms in total. The normalized spacial score (nSPS) is 11.3. The standard InChI is InChI=1S/C20H17F3N2O2S2/c1-27-15-6-4-5-13(9-15)19-24-14(11-29-19)10-28-12-18(26)25-17-8-3-2-7-16(17)20(21,22)23/h2-9,11H,10,12H2,1H3,(H,25,26). The monoisotopic (exact) mass is 438 g/mol. The molecule has 29 heavy (non-hydrogen) atoms. The number of amides is 1.